The van der Waals surface area contributed by atoms with Gasteiger partial charge in [-0.3, -0.25) is 25.8 Å². The second kappa shape index (κ2) is 9.28. The van der Waals surface area contributed by atoms with Crippen LogP contribution in [0.3, 0.4) is 0 Å². The number of benzene rings is 1. The molecule has 2 rings (SSSR count). The number of carbonyl (C=O) groups is 2. The summed E-state index contributed by atoms with van der Waals surface area (Å²) < 4.78 is 37.4. The van der Waals surface area contributed by atoms with Crippen molar-refractivity contribution >= 4 is 46.6 Å². The fraction of sp³-hybridized carbons (Fsp3) is 0.118. The lowest BCUT2D eigenvalue weighted by molar-refractivity contribution is -0.137. The number of amides is 2. The first-order valence-electron chi connectivity index (χ1n) is 7.51. The van der Waals surface area contributed by atoms with Crippen molar-refractivity contribution in [3.63, 3.8) is 0 Å². The highest BCUT2D eigenvalue weighted by Crippen LogP contribution is 2.29. The van der Waals surface area contributed by atoms with Crippen molar-refractivity contribution in [2.75, 3.05) is 0 Å². The monoisotopic (exact) mass is 413 g/mol. The molecule has 0 fully saturated rings. The second-order valence-corrected chi connectivity index (χ2v) is 6.64. The second-order valence-electron chi connectivity index (χ2n) is 5.20. The van der Waals surface area contributed by atoms with Crippen molar-refractivity contribution in [3.8, 4) is 0 Å². The molecule has 10 heteroatoms. The van der Waals surface area contributed by atoms with E-state index in [9.17, 15) is 22.8 Å². The van der Waals surface area contributed by atoms with Crippen LogP contribution in [0.2, 0.25) is 0 Å². The summed E-state index contributed by atoms with van der Waals surface area (Å²) in [6.45, 7) is 0. The summed E-state index contributed by atoms with van der Waals surface area (Å²) in [5.41, 5.74) is 4.39. The maximum atomic E-state index is 12.5. The SMILES string of the molecule is O=C(/C=C/c1ccc(C(F)(F)F)cc1)NC(=S)NNC(=O)Cc1cccs1. The molecule has 0 radical (unpaired) electrons. The molecule has 0 atom stereocenters. The molecule has 0 spiro atoms. The van der Waals surface area contributed by atoms with Crippen molar-refractivity contribution in [2.24, 2.45) is 0 Å². The minimum absolute atomic E-state index is 0.114. The molecule has 0 bridgehead atoms. The van der Waals surface area contributed by atoms with Gasteiger partial charge in [-0.15, -0.1) is 11.3 Å². The largest absolute Gasteiger partial charge is 0.416 e. The van der Waals surface area contributed by atoms with E-state index < -0.39 is 17.6 Å². The van der Waals surface area contributed by atoms with Crippen LogP contribution in [-0.4, -0.2) is 16.9 Å². The van der Waals surface area contributed by atoms with Gasteiger partial charge in [0.15, 0.2) is 5.11 Å². The number of hydrogen-bond donors (Lipinski definition) is 3. The number of halogens is 3. The van der Waals surface area contributed by atoms with Crippen LogP contribution in [0, 0.1) is 0 Å². The number of nitrogens with one attached hydrogen (secondary N) is 3. The van der Waals surface area contributed by atoms with Crippen LogP contribution in [0.5, 0.6) is 0 Å². The Morgan fingerprint density at radius 3 is 2.41 bits per heavy atom. The molecule has 0 aliphatic heterocycles. The van der Waals surface area contributed by atoms with Gasteiger partial charge in [-0.05, 0) is 47.4 Å². The summed E-state index contributed by atoms with van der Waals surface area (Å²) in [6.07, 6.45) is -1.78. The maximum absolute atomic E-state index is 12.5. The molecule has 1 aromatic carbocycles. The minimum Gasteiger partial charge on any atom is -0.298 e. The molecule has 1 aromatic heterocycles. The Balaban J connectivity index is 1.76. The Morgan fingerprint density at radius 1 is 1.11 bits per heavy atom. The zero-order valence-corrected chi connectivity index (χ0v) is 15.3. The Bertz CT molecular complexity index is 832. The van der Waals surface area contributed by atoms with E-state index in [1.165, 1.54) is 29.5 Å². The third kappa shape index (κ3) is 7.19. The number of thiophene rings is 1. The van der Waals surface area contributed by atoms with Crippen molar-refractivity contribution in [2.45, 2.75) is 12.6 Å². The topological polar surface area (TPSA) is 70.2 Å². The normalized spacial score (nSPS) is 11.2. The van der Waals surface area contributed by atoms with E-state index in [0.717, 1.165) is 23.1 Å². The van der Waals surface area contributed by atoms with Gasteiger partial charge in [0, 0.05) is 11.0 Å². The van der Waals surface area contributed by atoms with Gasteiger partial charge in [0.25, 0.3) is 0 Å². The first kappa shape index (κ1) is 20.6. The molecule has 0 unspecified atom stereocenters. The van der Waals surface area contributed by atoms with E-state index in [-0.39, 0.29) is 17.4 Å². The molecule has 142 valence electrons. The zero-order chi connectivity index (χ0) is 19.9. The van der Waals surface area contributed by atoms with Crippen LogP contribution in [-0.2, 0) is 22.2 Å². The molecule has 0 aliphatic rings. The third-order valence-electron chi connectivity index (χ3n) is 3.13. The molecule has 1 heterocycles. The van der Waals surface area contributed by atoms with Gasteiger partial charge >= 0.3 is 6.18 Å². The van der Waals surface area contributed by atoms with Crippen LogP contribution in [0.1, 0.15) is 16.0 Å². The molecule has 0 saturated carbocycles. The first-order valence-corrected chi connectivity index (χ1v) is 8.80. The number of rotatable bonds is 4. The van der Waals surface area contributed by atoms with Crippen LogP contribution < -0.4 is 16.2 Å². The van der Waals surface area contributed by atoms with Gasteiger partial charge in [-0.25, -0.2) is 0 Å². The fourth-order valence-corrected chi connectivity index (χ4v) is 2.74. The Morgan fingerprint density at radius 2 is 1.81 bits per heavy atom. The molecule has 2 aromatic rings. The van der Waals surface area contributed by atoms with E-state index >= 15 is 0 Å². The van der Waals surface area contributed by atoms with Crippen LogP contribution in [0.4, 0.5) is 13.2 Å². The van der Waals surface area contributed by atoms with E-state index in [1.54, 1.807) is 0 Å². The van der Waals surface area contributed by atoms with Crippen LogP contribution in [0.25, 0.3) is 6.08 Å². The van der Waals surface area contributed by atoms with Crippen LogP contribution >= 0.6 is 23.6 Å². The van der Waals surface area contributed by atoms with Crippen LogP contribution in [0.15, 0.2) is 47.9 Å². The fourth-order valence-electron chi connectivity index (χ4n) is 1.88. The molecule has 0 saturated heterocycles. The molecule has 2 amide bonds. The Kier molecular flexibility index (Phi) is 7.08. The van der Waals surface area contributed by atoms with Crippen molar-refractivity contribution < 1.29 is 22.8 Å². The lowest BCUT2D eigenvalue weighted by atomic mass is 10.1. The first-order chi connectivity index (χ1) is 12.7. The van der Waals surface area contributed by atoms with Crippen molar-refractivity contribution in [3.05, 3.63) is 63.9 Å². The van der Waals surface area contributed by atoms with E-state index in [1.807, 2.05) is 17.5 Å². The van der Waals surface area contributed by atoms with E-state index in [4.69, 9.17) is 12.2 Å². The number of hydrogen-bond acceptors (Lipinski definition) is 4. The molecule has 0 aliphatic carbocycles. The van der Waals surface area contributed by atoms with Gasteiger partial charge in [0.2, 0.25) is 11.8 Å². The van der Waals surface area contributed by atoms with E-state index in [0.29, 0.717) is 5.56 Å². The minimum atomic E-state index is -4.41. The lowest BCUT2D eigenvalue weighted by Gasteiger charge is -2.09. The van der Waals surface area contributed by atoms with Gasteiger partial charge in [0.1, 0.15) is 0 Å². The highest BCUT2D eigenvalue weighted by atomic mass is 32.1. The van der Waals surface area contributed by atoms with Crippen molar-refractivity contribution in [1.29, 1.82) is 0 Å². The Labute approximate surface area is 162 Å². The highest BCUT2D eigenvalue weighted by Gasteiger charge is 2.29. The summed E-state index contributed by atoms with van der Waals surface area (Å²) >= 11 is 6.31. The van der Waals surface area contributed by atoms with Crippen molar-refractivity contribution in [1.82, 2.24) is 16.2 Å². The maximum Gasteiger partial charge on any atom is 0.416 e. The standard InChI is InChI=1S/C17H14F3N3O2S2/c18-17(19,20)12-6-3-11(4-7-12)5-8-14(24)21-16(26)23-22-15(25)10-13-2-1-9-27-13/h1-9H,10H2,(H,22,25)(H2,21,23,24,26)/b8-5+. The number of alkyl halides is 3. The molecule has 5 nitrogen and oxygen atoms in total. The predicted octanol–water partition coefficient (Wildman–Crippen LogP) is 3.04. The number of carbonyl (C=O) groups excluding carboxylic acids is 2. The molecule has 3 N–H and O–H groups in total. The third-order valence-corrected chi connectivity index (χ3v) is 4.21. The number of thiocarbonyl (C=S) groups is 1. The van der Waals surface area contributed by atoms with Gasteiger partial charge in [-0.1, -0.05) is 18.2 Å². The van der Waals surface area contributed by atoms with Gasteiger partial charge < -0.3 is 0 Å². The van der Waals surface area contributed by atoms with Gasteiger partial charge in [0.05, 0.1) is 12.0 Å². The van der Waals surface area contributed by atoms with Gasteiger partial charge in [-0.2, -0.15) is 13.2 Å². The zero-order valence-electron chi connectivity index (χ0n) is 13.7. The summed E-state index contributed by atoms with van der Waals surface area (Å²) in [7, 11) is 0. The smallest absolute Gasteiger partial charge is 0.298 e. The molecular weight excluding hydrogens is 399 g/mol. The number of hydrazine groups is 1. The lowest BCUT2D eigenvalue weighted by Crippen LogP contribution is -2.48. The average Bonchev–Trinajstić information content (AvgIpc) is 3.11. The average molecular weight is 413 g/mol. The highest BCUT2D eigenvalue weighted by molar-refractivity contribution is 7.80. The Hall–Kier alpha value is -2.72. The predicted molar refractivity (Wildman–Crippen MR) is 101 cm³/mol. The van der Waals surface area contributed by atoms with E-state index in [2.05, 4.69) is 16.2 Å². The summed E-state index contributed by atoms with van der Waals surface area (Å²) in [5, 5.41) is 4.04. The summed E-state index contributed by atoms with van der Waals surface area (Å²) in [5.74, 6) is -0.922. The molecular formula is C17H14F3N3O2S2. The summed E-state index contributed by atoms with van der Waals surface area (Å²) in [4.78, 5) is 24.3. The molecule has 27 heavy (non-hydrogen) atoms. The summed E-state index contributed by atoms with van der Waals surface area (Å²) in [6, 6.07) is 7.98. The quantitative estimate of drug-likeness (QED) is 0.409.